The van der Waals surface area contributed by atoms with Gasteiger partial charge >= 0.3 is 0 Å². The van der Waals surface area contributed by atoms with Gasteiger partial charge in [0.1, 0.15) is 18.1 Å². The molecular formula is C24H21ClN2O4. The lowest BCUT2D eigenvalue weighted by Crippen LogP contribution is -2.46. The van der Waals surface area contributed by atoms with Crippen LogP contribution in [0.5, 0.6) is 11.5 Å². The van der Waals surface area contributed by atoms with Crippen LogP contribution in [0.15, 0.2) is 72.8 Å². The molecule has 6 nitrogen and oxygen atoms in total. The first-order valence-electron chi connectivity index (χ1n) is 9.89. The van der Waals surface area contributed by atoms with Crippen LogP contribution in [-0.4, -0.2) is 31.1 Å². The van der Waals surface area contributed by atoms with E-state index in [2.05, 4.69) is 5.32 Å². The molecule has 4 rings (SSSR count). The van der Waals surface area contributed by atoms with E-state index in [4.69, 9.17) is 21.1 Å². The van der Waals surface area contributed by atoms with Crippen molar-refractivity contribution in [1.82, 2.24) is 0 Å². The molecule has 7 heteroatoms. The summed E-state index contributed by atoms with van der Waals surface area (Å²) in [5.41, 5.74) is 1.48. The highest BCUT2D eigenvalue weighted by Gasteiger charge is 2.31. The zero-order chi connectivity index (χ0) is 21.8. The number of amides is 2. The van der Waals surface area contributed by atoms with E-state index in [1.165, 1.54) is 0 Å². The van der Waals surface area contributed by atoms with Crippen LogP contribution < -0.4 is 19.7 Å². The number of para-hydroxylation sites is 1. The number of fused-ring (bicyclic) bond motifs is 1. The standard InChI is InChI=1S/C24H21ClN2O4/c1-16-24(29)27(13-14-30-18-7-3-2-4-8-18)21-15-17(11-12-22(21)31-16)26-23(28)19-9-5-6-10-20(19)25/h2-12,15-16H,13-14H2,1H3,(H,26,28). The van der Waals surface area contributed by atoms with Gasteiger partial charge in [-0.3, -0.25) is 9.59 Å². The number of nitrogens with zero attached hydrogens (tertiary/aromatic N) is 1. The highest BCUT2D eigenvalue weighted by atomic mass is 35.5. The molecule has 1 aliphatic heterocycles. The summed E-state index contributed by atoms with van der Waals surface area (Å²) in [5, 5.41) is 3.20. The molecule has 158 valence electrons. The minimum atomic E-state index is -0.604. The van der Waals surface area contributed by atoms with Gasteiger partial charge in [-0.05, 0) is 49.4 Å². The maximum absolute atomic E-state index is 12.8. The van der Waals surface area contributed by atoms with E-state index in [0.29, 0.717) is 40.9 Å². The SMILES string of the molecule is CC1Oc2ccc(NC(=O)c3ccccc3Cl)cc2N(CCOc2ccccc2)C1=O. The van der Waals surface area contributed by atoms with Gasteiger partial charge in [-0.1, -0.05) is 41.9 Å². The van der Waals surface area contributed by atoms with Crippen LogP contribution in [0.25, 0.3) is 0 Å². The quantitative estimate of drug-likeness (QED) is 0.603. The highest BCUT2D eigenvalue weighted by molar-refractivity contribution is 6.34. The van der Waals surface area contributed by atoms with Crippen molar-refractivity contribution in [3.8, 4) is 11.5 Å². The Morgan fingerprint density at radius 3 is 2.61 bits per heavy atom. The van der Waals surface area contributed by atoms with Crippen LogP contribution in [-0.2, 0) is 4.79 Å². The molecule has 3 aromatic rings. The number of hydrogen-bond donors (Lipinski definition) is 1. The van der Waals surface area contributed by atoms with Crippen molar-refractivity contribution in [2.45, 2.75) is 13.0 Å². The predicted octanol–water partition coefficient (Wildman–Crippen LogP) is 4.79. The van der Waals surface area contributed by atoms with E-state index in [-0.39, 0.29) is 11.8 Å². The van der Waals surface area contributed by atoms with Gasteiger partial charge in [0.2, 0.25) is 0 Å². The molecule has 1 heterocycles. The number of hydrogen-bond acceptors (Lipinski definition) is 4. The topological polar surface area (TPSA) is 67.9 Å². The lowest BCUT2D eigenvalue weighted by atomic mass is 10.1. The molecule has 0 aliphatic carbocycles. The first-order valence-corrected chi connectivity index (χ1v) is 10.3. The Hall–Kier alpha value is -3.51. The second-order valence-electron chi connectivity index (χ2n) is 7.03. The van der Waals surface area contributed by atoms with Gasteiger partial charge in [0.15, 0.2) is 6.10 Å². The largest absolute Gasteiger partial charge is 0.492 e. The van der Waals surface area contributed by atoms with Crippen molar-refractivity contribution >= 4 is 34.8 Å². The van der Waals surface area contributed by atoms with Gasteiger partial charge in [-0.15, -0.1) is 0 Å². The van der Waals surface area contributed by atoms with Crippen molar-refractivity contribution in [2.24, 2.45) is 0 Å². The molecule has 0 aromatic heterocycles. The molecule has 3 aromatic carbocycles. The van der Waals surface area contributed by atoms with Crippen molar-refractivity contribution in [3.63, 3.8) is 0 Å². The summed E-state index contributed by atoms with van der Waals surface area (Å²) in [6.45, 7) is 2.37. The van der Waals surface area contributed by atoms with E-state index in [9.17, 15) is 9.59 Å². The third-order valence-electron chi connectivity index (χ3n) is 4.87. The molecule has 1 N–H and O–H groups in total. The van der Waals surface area contributed by atoms with E-state index in [1.807, 2.05) is 30.3 Å². The molecule has 1 unspecified atom stereocenters. The van der Waals surface area contributed by atoms with Crippen molar-refractivity contribution in [3.05, 3.63) is 83.4 Å². The summed E-state index contributed by atoms with van der Waals surface area (Å²) >= 11 is 6.12. The third-order valence-corrected chi connectivity index (χ3v) is 5.20. The van der Waals surface area contributed by atoms with Gasteiger partial charge < -0.3 is 19.7 Å². The van der Waals surface area contributed by atoms with Gasteiger partial charge in [0.05, 0.1) is 22.8 Å². The average Bonchev–Trinajstić information content (AvgIpc) is 2.78. The van der Waals surface area contributed by atoms with Gasteiger partial charge in [-0.2, -0.15) is 0 Å². The Labute approximate surface area is 185 Å². The van der Waals surface area contributed by atoms with Crippen molar-refractivity contribution in [2.75, 3.05) is 23.4 Å². The Balaban J connectivity index is 1.53. The Bertz CT molecular complexity index is 1100. The summed E-state index contributed by atoms with van der Waals surface area (Å²) in [7, 11) is 0. The lowest BCUT2D eigenvalue weighted by Gasteiger charge is -2.33. The third kappa shape index (κ3) is 4.64. The minimum absolute atomic E-state index is 0.168. The molecule has 1 aliphatic rings. The Morgan fingerprint density at radius 2 is 1.84 bits per heavy atom. The van der Waals surface area contributed by atoms with Crippen molar-refractivity contribution < 1.29 is 19.1 Å². The molecule has 2 amide bonds. The van der Waals surface area contributed by atoms with Crippen LogP contribution in [0.4, 0.5) is 11.4 Å². The van der Waals surface area contributed by atoms with Gasteiger partial charge in [-0.25, -0.2) is 0 Å². The molecule has 31 heavy (non-hydrogen) atoms. The second-order valence-corrected chi connectivity index (χ2v) is 7.44. The number of halogens is 1. The number of benzene rings is 3. The molecular weight excluding hydrogens is 416 g/mol. The number of nitrogens with one attached hydrogen (secondary N) is 1. The van der Waals surface area contributed by atoms with Crippen LogP contribution in [0, 0.1) is 0 Å². The number of ether oxygens (including phenoxy) is 2. The Kier molecular flexibility index (Phi) is 6.09. The summed E-state index contributed by atoms with van der Waals surface area (Å²) in [6, 6.07) is 21.4. The maximum Gasteiger partial charge on any atom is 0.267 e. The van der Waals surface area contributed by atoms with Crippen molar-refractivity contribution in [1.29, 1.82) is 0 Å². The number of carbonyl (C=O) groups is 2. The second kappa shape index (κ2) is 9.10. The number of rotatable bonds is 6. The monoisotopic (exact) mass is 436 g/mol. The summed E-state index contributed by atoms with van der Waals surface area (Å²) in [6.07, 6.45) is -0.604. The molecule has 0 radical (unpaired) electrons. The average molecular weight is 437 g/mol. The van der Waals surface area contributed by atoms with E-state index >= 15 is 0 Å². The fraction of sp³-hybridized carbons (Fsp3) is 0.167. The van der Waals surface area contributed by atoms with Gasteiger partial charge in [0, 0.05) is 5.69 Å². The number of anilines is 2. The fourth-order valence-corrected chi connectivity index (χ4v) is 3.55. The first kappa shape index (κ1) is 20.8. The summed E-state index contributed by atoms with van der Waals surface area (Å²) in [4.78, 5) is 27.0. The van der Waals surface area contributed by atoms with E-state index < -0.39 is 6.10 Å². The normalized spacial score (nSPS) is 15.1. The van der Waals surface area contributed by atoms with Crippen LogP contribution in [0.2, 0.25) is 5.02 Å². The minimum Gasteiger partial charge on any atom is -0.492 e. The highest BCUT2D eigenvalue weighted by Crippen LogP contribution is 2.36. The summed E-state index contributed by atoms with van der Waals surface area (Å²) < 4.78 is 11.5. The lowest BCUT2D eigenvalue weighted by molar-refractivity contribution is -0.125. The van der Waals surface area contributed by atoms with Crippen LogP contribution in [0.3, 0.4) is 0 Å². The first-order chi connectivity index (χ1) is 15.0. The molecule has 0 fully saturated rings. The van der Waals surface area contributed by atoms with Crippen LogP contribution in [0.1, 0.15) is 17.3 Å². The zero-order valence-corrected chi connectivity index (χ0v) is 17.6. The predicted molar refractivity (Wildman–Crippen MR) is 120 cm³/mol. The molecule has 0 saturated heterocycles. The smallest absolute Gasteiger partial charge is 0.267 e. The Morgan fingerprint density at radius 1 is 1.10 bits per heavy atom. The van der Waals surface area contributed by atoms with E-state index in [0.717, 1.165) is 5.75 Å². The summed E-state index contributed by atoms with van der Waals surface area (Å²) in [5.74, 6) is 0.805. The fourth-order valence-electron chi connectivity index (χ4n) is 3.33. The molecule has 0 saturated carbocycles. The maximum atomic E-state index is 12.8. The molecule has 0 bridgehead atoms. The van der Waals surface area contributed by atoms with Crippen LogP contribution >= 0.6 is 11.6 Å². The molecule has 1 atom stereocenters. The van der Waals surface area contributed by atoms with Gasteiger partial charge in [0.25, 0.3) is 11.8 Å². The number of carbonyl (C=O) groups excluding carboxylic acids is 2. The van der Waals surface area contributed by atoms with E-state index in [1.54, 1.807) is 54.3 Å². The zero-order valence-electron chi connectivity index (χ0n) is 16.9. The molecule has 0 spiro atoms.